The average molecular weight is 471 g/mol. The van der Waals surface area contributed by atoms with Gasteiger partial charge in [-0.25, -0.2) is 0 Å². The minimum atomic E-state index is 0.148. The fourth-order valence-electron chi connectivity index (χ4n) is 2.80. The number of nitrogens with zero attached hydrogens (tertiary/aromatic N) is 4. The van der Waals surface area contributed by atoms with Gasteiger partial charge in [0.25, 0.3) is 0 Å². The van der Waals surface area contributed by atoms with Crippen LogP contribution in [0.1, 0.15) is 56.6 Å². The Bertz CT molecular complexity index is 954. The monoisotopic (exact) mass is 470 g/mol. The third-order valence-electron chi connectivity index (χ3n) is 4.53. The van der Waals surface area contributed by atoms with Crippen molar-refractivity contribution >= 4 is 33.9 Å². The van der Waals surface area contributed by atoms with Crippen LogP contribution in [0.2, 0.25) is 0 Å². The SMILES string of the molecule is CCCc1nnc(SCc2ccc(Br)cc2)n1/N=C\c1ccc(C(C)(C)C)cc1. The van der Waals surface area contributed by atoms with E-state index in [2.05, 4.69) is 102 Å². The number of aryl methyl sites for hydroxylation is 1. The quantitative estimate of drug-likeness (QED) is 0.293. The van der Waals surface area contributed by atoms with Crippen molar-refractivity contribution in [2.45, 2.75) is 56.9 Å². The number of halogens is 1. The van der Waals surface area contributed by atoms with Gasteiger partial charge in [0, 0.05) is 16.6 Å². The molecule has 0 saturated heterocycles. The normalized spacial score (nSPS) is 12.0. The summed E-state index contributed by atoms with van der Waals surface area (Å²) in [6.07, 6.45) is 3.75. The van der Waals surface area contributed by atoms with E-state index in [9.17, 15) is 0 Å². The van der Waals surface area contributed by atoms with Gasteiger partial charge >= 0.3 is 0 Å². The van der Waals surface area contributed by atoms with Gasteiger partial charge in [-0.15, -0.1) is 10.2 Å². The van der Waals surface area contributed by atoms with Crippen LogP contribution >= 0.6 is 27.7 Å². The summed E-state index contributed by atoms with van der Waals surface area (Å²) in [7, 11) is 0. The van der Waals surface area contributed by atoms with Crippen molar-refractivity contribution in [2.24, 2.45) is 5.10 Å². The molecule has 6 heteroatoms. The Morgan fingerprint density at radius 2 is 1.72 bits per heavy atom. The van der Waals surface area contributed by atoms with E-state index in [0.717, 1.165) is 39.6 Å². The van der Waals surface area contributed by atoms with Crippen LogP contribution < -0.4 is 0 Å². The van der Waals surface area contributed by atoms with Crippen molar-refractivity contribution in [1.82, 2.24) is 14.9 Å². The highest BCUT2D eigenvalue weighted by atomic mass is 79.9. The van der Waals surface area contributed by atoms with E-state index in [0.29, 0.717) is 0 Å². The molecule has 29 heavy (non-hydrogen) atoms. The molecular weight excluding hydrogens is 444 g/mol. The maximum Gasteiger partial charge on any atom is 0.212 e. The zero-order valence-corrected chi connectivity index (χ0v) is 19.8. The van der Waals surface area contributed by atoms with Gasteiger partial charge in [-0.1, -0.05) is 91.8 Å². The minimum absolute atomic E-state index is 0.148. The molecule has 1 aromatic heterocycles. The van der Waals surface area contributed by atoms with E-state index < -0.39 is 0 Å². The molecule has 0 N–H and O–H groups in total. The molecule has 152 valence electrons. The molecular formula is C23H27BrN4S. The van der Waals surface area contributed by atoms with Crippen LogP contribution in [0.3, 0.4) is 0 Å². The van der Waals surface area contributed by atoms with E-state index in [-0.39, 0.29) is 5.41 Å². The molecule has 3 rings (SSSR count). The maximum atomic E-state index is 4.71. The van der Waals surface area contributed by atoms with Gasteiger partial charge in [0.2, 0.25) is 5.16 Å². The first-order valence-electron chi connectivity index (χ1n) is 9.83. The Morgan fingerprint density at radius 3 is 2.34 bits per heavy atom. The predicted octanol–water partition coefficient (Wildman–Crippen LogP) is 6.47. The largest absolute Gasteiger partial charge is 0.212 e. The van der Waals surface area contributed by atoms with Gasteiger partial charge in [0.05, 0.1) is 6.21 Å². The summed E-state index contributed by atoms with van der Waals surface area (Å²) < 4.78 is 2.96. The number of thioether (sulfide) groups is 1. The van der Waals surface area contributed by atoms with Crippen molar-refractivity contribution in [3.63, 3.8) is 0 Å². The highest BCUT2D eigenvalue weighted by Gasteiger charge is 2.13. The second-order valence-electron chi connectivity index (χ2n) is 7.99. The Balaban J connectivity index is 1.78. The lowest BCUT2D eigenvalue weighted by Gasteiger charge is -2.18. The van der Waals surface area contributed by atoms with Gasteiger partial charge in [-0.3, -0.25) is 0 Å². The average Bonchev–Trinajstić information content (AvgIpc) is 3.07. The van der Waals surface area contributed by atoms with Crippen LogP contribution in [0.5, 0.6) is 0 Å². The van der Waals surface area contributed by atoms with Crippen LogP contribution in [0, 0.1) is 0 Å². The fraction of sp³-hybridized carbons (Fsp3) is 0.348. The molecule has 0 bridgehead atoms. The standard InChI is InChI=1S/C23H27BrN4S/c1-5-6-21-26-27-22(29-16-18-9-13-20(24)14-10-18)28(21)25-15-17-7-11-19(12-8-17)23(2,3)4/h7-15H,5-6,16H2,1-4H3/b25-15-. The highest BCUT2D eigenvalue weighted by molar-refractivity contribution is 9.10. The highest BCUT2D eigenvalue weighted by Crippen LogP contribution is 2.24. The fourth-order valence-corrected chi connectivity index (χ4v) is 3.93. The molecule has 2 aromatic carbocycles. The van der Waals surface area contributed by atoms with Crippen LogP contribution in [0.15, 0.2) is 63.3 Å². The number of aromatic nitrogens is 3. The minimum Gasteiger partial charge on any atom is -0.191 e. The number of hydrogen-bond donors (Lipinski definition) is 0. The lowest BCUT2D eigenvalue weighted by molar-refractivity contribution is 0.590. The summed E-state index contributed by atoms with van der Waals surface area (Å²) in [4.78, 5) is 0. The van der Waals surface area contributed by atoms with Gasteiger partial charge in [-0.2, -0.15) is 9.78 Å². The van der Waals surface area contributed by atoms with Crippen molar-refractivity contribution < 1.29 is 0 Å². The Morgan fingerprint density at radius 1 is 1.03 bits per heavy atom. The van der Waals surface area contributed by atoms with Crippen LogP contribution in [-0.4, -0.2) is 21.1 Å². The van der Waals surface area contributed by atoms with E-state index in [1.807, 2.05) is 10.9 Å². The summed E-state index contributed by atoms with van der Waals surface area (Å²) in [5, 5.41) is 14.3. The lowest BCUT2D eigenvalue weighted by atomic mass is 9.87. The molecule has 3 aromatic rings. The molecule has 0 amide bonds. The molecule has 0 fully saturated rings. The molecule has 0 radical (unpaired) electrons. The first kappa shape index (κ1) is 21.8. The first-order valence-corrected chi connectivity index (χ1v) is 11.6. The first-order chi connectivity index (χ1) is 13.9. The summed E-state index contributed by atoms with van der Waals surface area (Å²) in [5.41, 5.74) is 3.77. The maximum absolute atomic E-state index is 4.71. The van der Waals surface area contributed by atoms with Gasteiger partial charge in [0.15, 0.2) is 5.82 Å². The third kappa shape index (κ3) is 6.03. The predicted molar refractivity (Wildman–Crippen MR) is 126 cm³/mol. The Kier molecular flexibility index (Phi) is 7.30. The van der Waals surface area contributed by atoms with Crippen molar-refractivity contribution in [2.75, 3.05) is 0 Å². The molecule has 0 aliphatic carbocycles. The van der Waals surface area contributed by atoms with Crippen molar-refractivity contribution in [3.05, 3.63) is 75.5 Å². The second kappa shape index (κ2) is 9.72. The van der Waals surface area contributed by atoms with Crippen LogP contribution in [-0.2, 0) is 17.6 Å². The smallest absolute Gasteiger partial charge is 0.191 e. The van der Waals surface area contributed by atoms with Gasteiger partial charge in [-0.05, 0) is 40.7 Å². The molecule has 1 heterocycles. The molecule has 0 aliphatic heterocycles. The number of benzene rings is 2. The van der Waals surface area contributed by atoms with Crippen molar-refractivity contribution in [1.29, 1.82) is 0 Å². The molecule has 4 nitrogen and oxygen atoms in total. The van der Waals surface area contributed by atoms with Crippen LogP contribution in [0.25, 0.3) is 0 Å². The zero-order chi connectivity index (χ0) is 20.9. The molecule has 0 saturated carbocycles. The second-order valence-corrected chi connectivity index (χ2v) is 9.85. The van der Waals surface area contributed by atoms with E-state index in [4.69, 9.17) is 5.10 Å². The summed E-state index contributed by atoms with van der Waals surface area (Å²) >= 11 is 5.13. The van der Waals surface area contributed by atoms with Gasteiger partial charge < -0.3 is 0 Å². The topological polar surface area (TPSA) is 43.1 Å². The molecule has 0 spiro atoms. The molecule has 0 unspecified atom stereocenters. The van der Waals surface area contributed by atoms with E-state index in [1.54, 1.807) is 11.8 Å². The van der Waals surface area contributed by atoms with Gasteiger partial charge in [0.1, 0.15) is 0 Å². The zero-order valence-electron chi connectivity index (χ0n) is 17.4. The van der Waals surface area contributed by atoms with E-state index in [1.165, 1.54) is 11.1 Å². The number of hydrogen-bond acceptors (Lipinski definition) is 4. The number of rotatable bonds is 7. The third-order valence-corrected chi connectivity index (χ3v) is 6.05. The Labute approximate surface area is 186 Å². The summed E-state index contributed by atoms with van der Waals surface area (Å²) in [6, 6.07) is 16.9. The molecule has 0 aliphatic rings. The summed E-state index contributed by atoms with van der Waals surface area (Å²) in [6.45, 7) is 8.81. The van der Waals surface area contributed by atoms with Crippen molar-refractivity contribution in [3.8, 4) is 0 Å². The van der Waals surface area contributed by atoms with Crippen LogP contribution in [0.4, 0.5) is 0 Å². The molecule has 0 atom stereocenters. The lowest BCUT2D eigenvalue weighted by Crippen LogP contribution is -2.10. The summed E-state index contributed by atoms with van der Waals surface area (Å²) in [5.74, 6) is 1.72. The Hall–Kier alpha value is -1.92. The van der Waals surface area contributed by atoms with E-state index >= 15 is 0 Å².